The van der Waals surface area contributed by atoms with Crippen molar-refractivity contribution in [2.45, 2.75) is 12.8 Å². The fourth-order valence-electron chi connectivity index (χ4n) is 10.2. The maximum Gasteiger partial charge on any atom is 0.306 e. The molecule has 0 unspecified atom stereocenters. The summed E-state index contributed by atoms with van der Waals surface area (Å²) in [5.41, 5.74) is 0. The van der Waals surface area contributed by atoms with Crippen LogP contribution < -0.4 is 0 Å². The minimum atomic E-state index is -1.04. The highest BCUT2D eigenvalue weighted by atomic mass is 16.7. The Morgan fingerprint density at radius 1 is 0.111 bits per heavy atom. The van der Waals surface area contributed by atoms with Gasteiger partial charge in [0.25, 0.3) is 0 Å². The first-order valence-electron chi connectivity index (χ1n) is 50.9. The largest absolute Gasteiger partial charge is 0.481 e. The number of hydrogen-bond donors (Lipinski definition) is 1. The standard InChI is InChI=1S/C95H188O49/c1-99-4-5-100-6-7-101-8-9-102-10-11-103-12-13-104-14-15-105-16-17-106-18-19-107-20-21-108-22-23-109-24-25-110-26-27-111-28-29-112-30-31-113-32-33-114-34-35-115-36-37-116-38-39-117-40-41-118-42-43-119-44-45-120-46-47-121-48-49-122-50-51-123-52-53-124-54-55-125-56-57-126-58-59-127-60-61-128-62-63-129-64-65-130-66-67-131-68-69-132-70-71-133-72-73-134-74-75-135-76-77-136-78-79-137-80-81-138-82-83-139-84-85-140-86-87-141-88-89-142-90-91-143-92-93-144-95(98)3-2-94(96)97/h2-93H2,1H3,(H,96,97). The van der Waals surface area contributed by atoms with E-state index in [1.165, 1.54) is 0 Å². The van der Waals surface area contributed by atoms with Crippen LogP contribution in [0.3, 0.4) is 0 Å². The number of carbonyl (C=O) groups excluding carboxylic acids is 1. The fraction of sp³-hybridized carbons (Fsp3) is 0.979. The van der Waals surface area contributed by atoms with Crippen LogP contribution in [0.25, 0.3) is 0 Å². The molecule has 862 valence electrons. The van der Waals surface area contributed by atoms with E-state index in [4.69, 9.17) is 223 Å². The Morgan fingerprint density at radius 2 is 0.181 bits per heavy atom. The number of methoxy groups -OCH3 is 1. The van der Waals surface area contributed by atoms with E-state index in [1.807, 2.05) is 0 Å². The Bertz CT molecular complexity index is 2100. The number of hydrogen-bond acceptors (Lipinski definition) is 48. The lowest BCUT2D eigenvalue weighted by Gasteiger charge is -2.09. The Hall–Kier alpha value is -2.86. The van der Waals surface area contributed by atoms with Crippen molar-refractivity contribution < 1.29 is 233 Å². The van der Waals surface area contributed by atoms with Crippen LogP contribution in [0.4, 0.5) is 0 Å². The summed E-state index contributed by atoms with van der Waals surface area (Å²) >= 11 is 0. The van der Waals surface area contributed by atoms with Crippen molar-refractivity contribution in [3.63, 3.8) is 0 Å². The molecule has 0 aliphatic rings. The molecule has 144 heavy (non-hydrogen) atoms. The minimum absolute atomic E-state index is 0.0683. The lowest BCUT2D eigenvalue weighted by molar-refractivity contribution is -0.149. The number of carbonyl (C=O) groups is 2. The van der Waals surface area contributed by atoms with E-state index in [1.54, 1.807) is 7.11 Å². The van der Waals surface area contributed by atoms with Gasteiger partial charge >= 0.3 is 11.9 Å². The maximum absolute atomic E-state index is 11.3. The summed E-state index contributed by atoms with van der Waals surface area (Å²) in [6.45, 7) is 41.9. The number of esters is 1. The van der Waals surface area contributed by atoms with Gasteiger partial charge in [-0.05, 0) is 0 Å². The van der Waals surface area contributed by atoms with Gasteiger partial charge in [-0.3, -0.25) is 9.59 Å². The number of ether oxygens (including phenoxy) is 46. The summed E-state index contributed by atoms with van der Waals surface area (Å²) in [5.74, 6) is -1.61. The van der Waals surface area contributed by atoms with Crippen LogP contribution in [0, 0.1) is 0 Å². The monoisotopic (exact) mass is 2110 g/mol. The van der Waals surface area contributed by atoms with Crippen molar-refractivity contribution in [1.82, 2.24) is 0 Å². The number of carboxylic acids is 1. The Kier molecular flexibility index (Phi) is 133. The predicted octanol–water partition coefficient (Wildman–Crippen LogP) is 0.771. The first-order valence-corrected chi connectivity index (χ1v) is 50.9. The molecule has 0 radical (unpaired) electrons. The molecule has 49 nitrogen and oxygen atoms in total. The zero-order chi connectivity index (χ0) is 103. The van der Waals surface area contributed by atoms with Crippen molar-refractivity contribution in [2.75, 3.05) is 602 Å². The molecule has 0 saturated carbocycles. The molecule has 49 heteroatoms. The second-order valence-electron chi connectivity index (χ2n) is 29.1. The van der Waals surface area contributed by atoms with Gasteiger partial charge in [-0.2, -0.15) is 0 Å². The molecule has 0 aliphatic carbocycles. The first kappa shape index (κ1) is 141. The van der Waals surface area contributed by atoms with Crippen molar-refractivity contribution in [3.8, 4) is 0 Å². The maximum atomic E-state index is 11.3. The van der Waals surface area contributed by atoms with Crippen LogP contribution in [0.15, 0.2) is 0 Å². The third-order valence-corrected chi connectivity index (χ3v) is 17.5. The average Bonchev–Trinajstić information content (AvgIpc) is 1.02. The fourth-order valence-corrected chi connectivity index (χ4v) is 10.2. The molecule has 0 spiro atoms. The smallest absolute Gasteiger partial charge is 0.306 e. The summed E-state index contributed by atoms with van der Waals surface area (Å²) in [6.07, 6.45) is -0.411. The Morgan fingerprint density at radius 3 is 0.250 bits per heavy atom. The third kappa shape index (κ3) is 137. The van der Waals surface area contributed by atoms with E-state index >= 15 is 0 Å². The Balaban J connectivity index is 3.11. The van der Waals surface area contributed by atoms with Crippen molar-refractivity contribution in [2.24, 2.45) is 0 Å². The number of aliphatic carboxylic acids is 1. The second kappa shape index (κ2) is 136. The van der Waals surface area contributed by atoms with E-state index in [9.17, 15) is 9.59 Å². The molecule has 0 aliphatic heterocycles. The molecule has 0 aromatic heterocycles. The number of rotatable bonds is 138. The predicted molar refractivity (Wildman–Crippen MR) is 516 cm³/mol. The van der Waals surface area contributed by atoms with Gasteiger partial charge in [0.15, 0.2) is 0 Å². The van der Waals surface area contributed by atoms with Gasteiger partial charge in [0.2, 0.25) is 0 Å². The van der Waals surface area contributed by atoms with Crippen LogP contribution >= 0.6 is 0 Å². The summed E-state index contributed by atoms with van der Waals surface area (Å²) in [6, 6.07) is 0. The van der Waals surface area contributed by atoms with Gasteiger partial charge in [0.1, 0.15) is 6.61 Å². The molecule has 0 aromatic rings. The second-order valence-corrected chi connectivity index (χ2v) is 29.1. The van der Waals surface area contributed by atoms with Crippen molar-refractivity contribution in [1.29, 1.82) is 0 Å². The SMILES string of the molecule is COCCOCCOCCOCCOCCOCCOCCOCCOCCOCCOCCOCCOCCOCCOCCOCCOCCOCCOCCOCCOCCOCCOCCOCCOCCOCCOCCOCCOCCOCCOCCOCCOCCOCCOCCOCCOCCOCCOCCOCCOCCOCCOCCOCCOCCOC(=O)CCC(=O)O. The summed E-state index contributed by atoms with van der Waals surface area (Å²) in [5, 5.41) is 8.54. The topological polar surface area (TPSA) is 479 Å². The van der Waals surface area contributed by atoms with Crippen molar-refractivity contribution >= 4 is 11.9 Å². The molecule has 0 heterocycles. The molecular weight excluding hydrogens is 1920 g/mol. The minimum Gasteiger partial charge on any atom is -0.481 e. The van der Waals surface area contributed by atoms with E-state index in [0.717, 1.165) is 0 Å². The van der Waals surface area contributed by atoms with Gasteiger partial charge in [0, 0.05) is 7.11 Å². The van der Waals surface area contributed by atoms with Crippen molar-refractivity contribution in [3.05, 3.63) is 0 Å². The summed E-state index contributed by atoms with van der Waals surface area (Å²) in [7, 11) is 1.64. The van der Waals surface area contributed by atoms with Crippen LogP contribution in [0.1, 0.15) is 12.8 Å². The molecule has 0 amide bonds. The molecule has 0 rings (SSSR count). The lowest BCUT2D eigenvalue weighted by Crippen LogP contribution is -2.16. The van der Waals surface area contributed by atoms with Gasteiger partial charge in [-0.1, -0.05) is 0 Å². The van der Waals surface area contributed by atoms with E-state index in [0.29, 0.717) is 581 Å². The van der Waals surface area contributed by atoms with Gasteiger partial charge < -0.3 is 223 Å². The van der Waals surface area contributed by atoms with Gasteiger partial charge in [0.05, 0.1) is 601 Å². The third-order valence-electron chi connectivity index (χ3n) is 17.5. The lowest BCUT2D eigenvalue weighted by atomic mass is 10.3. The average molecular weight is 2110 g/mol. The first-order chi connectivity index (χ1) is 71.7. The van der Waals surface area contributed by atoms with Gasteiger partial charge in [-0.25, -0.2) is 0 Å². The number of carboxylic acid groups (broad SMARTS) is 1. The van der Waals surface area contributed by atoms with Crippen LogP contribution in [0.5, 0.6) is 0 Å². The Labute approximate surface area is 855 Å². The van der Waals surface area contributed by atoms with E-state index in [2.05, 4.69) is 0 Å². The van der Waals surface area contributed by atoms with Crippen LogP contribution in [-0.2, 0) is 227 Å². The molecule has 0 bridgehead atoms. The molecule has 0 saturated heterocycles. The molecule has 0 fully saturated rings. The van der Waals surface area contributed by atoms with Gasteiger partial charge in [-0.15, -0.1) is 0 Å². The molecule has 0 atom stereocenters. The summed E-state index contributed by atoms with van der Waals surface area (Å²) < 4.78 is 253. The van der Waals surface area contributed by atoms with Crippen LogP contribution in [-0.4, -0.2) is 619 Å². The molecular formula is C95H188O49. The van der Waals surface area contributed by atoms with Crippen LogP contribution in [0.2, 0.25) is 0 Å². The molecule has 1 N–H and O–H groups in total. The molecule has 0 aromatic carbocycles. The quantitative estimate of drug-likeness (QED) is 0.0649. The zero-order valence-electron chi connectivity index (χ0n) is 87.1. The zero-order valence-corrected chi connectivity index (χ0v) is 87.1. The van der Waals surface area contributed by atoms with E-state index in [-0.39, 0.29) is 26.1 Å². The van der Waals surface area contributed by atoms with E-state index < -0.39 is 11.9 Å². The highest BCUT2D eigenvalue weighted by Crippen LogP contribution is 1.99. The normalized spacial score (nSPS) is 11.8. The summed E-state index contributed by atoms with van der Waals surface area (Å²) in [4.78, 5) is 21.7. The highest BCUT2D eigenvalue weighted by molar-refractivity contribution is 5.76. The highest BCUT2D eigenvalue weighted by Gasteiger charge is 2.09.